The molecule has 0 aliphatic carbocycles. The average molecular weight is 423 g/mol. The first kappa shape index (κ1) is 20.3. The number of nitrogens with zero attached hydrogens (tertiary/aromatic N) is 5. The minimum atomic E-state index is -0.460. The largest absolute Gasteiger partial charge is 0.465 e. The maximum Gasteiger partial charge on any atom is 0.337 e. The number of carbonyl (C=O) groups is 3. The molecule has 1 aromatic carbocycles. The molecule has 1 aliphatic heterocycles. The summed E-state index contributed by atoms with van der Waals surface area (Å²) in [6.45, 7) is 4.22. The Labute approximate surface area is 178 Å². The van der Waals surface area contributed by atoms with Crippen molar-refractivity contribution in [2.24, 2.45) is 0 Å². The topological polar surface area (TPSA) is 111 Å². The van der Waals surface area contributed by atoms with E-state index >= 15 is 0 Å². The number of methoxy groups -OCH3 is 1. The molecule has 31 heavy (non-hydrogen) atoms. The molecule has 0 spiro atoms. The number of amides is 3. The third kappa shape index (κ3) is 3.91. The molecule has 1 saturated heterocycles. The highest BCUT2D eigenvalue weighted by atomic mass is 16.5. The molecule has 0 atom stereocenters. The van der Waals surface area contributed by atoms with Crippen molar-refractivity contribution in [3.05, 3.63) is 64.8 Å². The molecule has 1 aliphatic rings. The molecule has 3 heterocycles. The minimum Gasteiger partial charge on any atom is -0.465 e. The summed E-state index contributed by atoms with van der Waals surface area (Å²) in [6, 6.07) is 6.33. The fourth-order valence-electron chi connectivity index (χ4n) is 3.51. The van der Waals surface area contributed by atoms with Gasteiger partial charge in [0.1, 0.15) is 12.3 Å². The summed E-state index contributed by atoms with van der Waals surface area (Å²) in [6.07, 6.45) is 3.12. The van der Waals surface area contributed by atoms with Crippen LogP contribution in [0.25, 0.3) is 0 Å². The normalized spacial score (nSPS) is 13.9. The quantitative estimate of drug-likeness (QED) is 0.442. The Morgan fingerprint density at radius 2 is 2.03 bits per heavy atom. The second-order valence-electron chi connectivity index (χ2n) is 7.26. The number of aryl methyl sites for hydroxylation is 2. The van der Waals surface area contributed by atoms with Crippen molar-refractivity contribution >= 4 is 23.6 Å². The first-order chi connectivity index (χ1) is 14.9. The van der Waals surface area contributed by atoms with Gasteiger partial charge < -0.3 is 14.2 Å². The van der Waals surface area contributed by atoms with Crippen molar-refractivity contribution in [2.75, 3.05) is 18.6 Å². The predicted octanol–water partition coefficient (Wildman–Crippen LogP) is 2.29. The van der Waals surface area contributed by atoms with E-state index in [1.54, 1.807) is 35.1 Å². The second-order valence-corrected chi connectivity index (χ2v) is 7.26. The lowest BCUT2D eigenvalue weighted by Gasteiger charge is -2.16. The number of esters is 1. The fourth-order valence-corrected chi connectivity index (χ4v) is 3.51. The van der Waals surface area contributed by atoms with E-state index in [2.05, 4.69) is 10.3 Å². The van der Waals surface area contributed by atoms with Crippen molar-refractivity contribution < 1.29 is 23.6 Å². The molecule has 10 heteroatoms. The van der Waals surface area contributed by atoms with Crippen LogP contribution in [0.2, 0.25) is 0 Å². The van der Waals surface area contributed by atoms with Crippen LogP contribution < -0.4 is 4.90 Å². The van der Waals surface area contributed by atoms with E-state index in [1.807, 2.05) is 13.8 Å². The zero-order chi connectivity index (χ0) is 22.1. The summed E-state index contributed by atoms with van der Waals surface area (Å²) in [5, 5.41) is 8.19. The van der Waals surface area contributed by atoms with Crippen molar-refractivity contribution in [1.29, 1.82) is 0 Å². The number of carbonyl (C=O) groups excluding carboxylic acids is 3. The molecule has 3 aromatic rings. The van der Waals surface area contributed by atoms with Gasteiger partial charge in [0.2, 0.25) is 0 Å². The van der Waals surface area contributed by atoms with Gasteiger partial charge in [-0.15, -0.1) is 0 Å². The van der Waals surface area contributed by atoms with Crippen LogP contribution in [-0.4, -0.2) is 51.4 Å². The Bertz CT molecular complexity index is 1150. The highest BCUT2D eigenvalue weighted by molar-refractivity contribution is 6.19. The number of aromatic nitrogens is 3. The van der Waals surface area contributed by atoms with Crippen LogP contribution in [0.5, 0.6) is 0 Å². The smallest absolute Gasteiger partial charge is 0.337 e. The molecule has 3 amide bonds. The highest BCUT2D eigenvalue weighted by Gasteiger charge is 2.37. The Balaban J connectivity index is 1.49. The molecule has 0 unspecified atom stereocenters. The predicted molar refractivity (Wildman–Crippen MR) is 108 cm³/mol. The van der Waals surface area contributed by atoms with Gasteiger partial charge in [-0.25, -0.2) is 14.5 Å². The lowest BCUT2D eigenvalue weighted by Crippen LogP contribution is -2.32. The Morgan fingerprint density at radius 1 is 1.23 bits per heavy atom. The molecule has 10 nitrogen and oxygen atoms in total. The summed E-state index contributed by atoms with van der Waals surface area (Å²) in [5.41, 5.74) is 3.17. The van der Waals surface area contributed by atoms with E-state index in [0.717, 1.165) is 21.7 Å². The van der Waals surface area contributed by atoms with Gasteiger partial charge in [0, 0.05) is 18.3 Å². The standard InChI is InChI=1S/C21H21N5O5/c1-13-18(14(2)31-23-13)11-25-10-17(8-22-25)26-19(27)12-24(21(26)29)9-15-5-4-6-16(7-15)20(28)30-3/h4-8,10H,9,11-12H2,1-3H3. The van der Waals surface area contributed by atoms with Crippen molar-refractivity contribution in [3.8, 4) is 0 Å². The van der Waals surface area contributed by atoms with Crippen LogP contribution in [0, 0.1) is 13.8 Å². The van der Waals surface area contributed by atoms with Gasteiger partial charge in [-0.05, 0) is 31.5 Å². The number of hydrogen-bond acceptors (Lipinski definition) is 7. The van der Waals surface area contributed by atoms with Gasteiger partial charge in [-0.2, -0.15) is 5.10 Å². The third-order valence-electron chi connectivity index (χ3n) is 5.14. The Hall–Kier alpha value is -3.95. The molecule has 0 radical (unpaired) electrons. The summed E-state index contributed by atoms with van der Waals surface area (Å²) in [5.74, 6) is -0.104. The Kier molecular flexibility index (Phi) is 5.28. The molecule has 0 N–H and O–H groups in total. The molecule has 0 bridgehead atoms. The highest BCUT2D eigenvalue weighted by Crippen LogP contribution is 2.23. The number of anilines is 1. The van der Waals surface area contributed by atoms with Gasteiger partial charge in [-0.1, -0.05) is 17.3 Å². The van der Waals surface area contributed by atoms with Gasteiger partial charge in [-0.3, -0.25) is 9.48 Å². The first-order valence-corrected chi connectivity index (χ1v) is 9.60. The lowest BCUT2D eigenvalue weighted by atomic mass is 10.1. The van der Waals surface area contributed by atoms with Crippen molar-refractivity contribution in [2.45, 2.75) is 26.9 Å². The van der Waals surface area contributed by atoms with Crippen molar-refractivity contribution in [3.63, 3.8) is 0 Å². The minimum absolute atomic E-state index is 0.0592. The summed E-state index contributed by atoms with van der Waals surface area (Å²) >= 11 is 0. The monoisotopic (exact) mass is 423 g/mol. The number of urea groups is 1. The molecule has 1 fully saturated rings. The van der Waals surface area contributed by atoms with Gasteiger partial charge >= 0.3 is 12.0 Å². The Morgan fingerprint density at radius 3 is 2.74 bits per heavy atom. The van der Waals surface area contributed by atoms with Crippen LogP contribution >= 0.6 is 0 Å². The van der Waals surface area contributed by atoms with E-state index in [-0.39, 0.29) is 19.0 Å². The van der Waals surface area contributed by atoms with E-state index in [1.165, 1.54) is 18.2 Å². The average Bonchev–Trinajstić information content (AvgIpc) is 3.42. The summed E-state index contributed by atoms with van der Waals surface area (Å²) in [4.78, 5) is 39.7. The molecule has 160 valence electrons. The number of ether oxygens (including phenoxy) is 1. The molecule has 4 rings (SSSR count). The number of rotatable bonds is 6. The third-order valence-corrected chi connectivity index (χ3v) is 5.14. The number of hydrogen-bond donors (Lipinski definition) is 0. The van der Waals surface area contributed by atoms with Crippen LogP contribution in [0.3, 0.4) is 0 Å². The van der Waals surface area contributed by atoms with Crippen LogP contribution in [0.4, 0.5) is 10.5 Å². The van der Waals surface area contributed by atoms with Gasteiger partial charge in [0.25, 0.3) is 5.91 Å². The maximum absolute atomic E-state index is 12.9. The van der Waals surface area contributed by atoms with Crippen LogP contribution in [0.15, 0.2) is 41.2 Å². The van der Waals surface area contributed by atoms with Crippen LogP contribution in [0.1, 0.15) is 32.9 Å². The molecular weight excluding hydrogens is 402 g/mol. The van der Waals surface area contributed by atoms with Crippen LogP contribution in [-0.2, 0) is 22.6 Å². The maximum atomic E-state index is 12.9. The van der Waals surface area contributed by atoms with Gasteiger partial charge in [0.15, 0.2) is 0 Å². The SMILES string of the molecule is COC(=O)c1cccc(CN2CC(=O)N(c3cnn(Cc4c(C)noc4C)c3)C2=O)c1. The summed E-state index contributed by atoms with van der Waals surface area (Å²) in [7, 11) is 1.31. The molecule has 2 aromatic heterocycles. The molecular formula is C21H21N5O5. The lowest BCUT2D eigenvalue weighted by molar-refractivity contribution is -0.116. The van der Waals surface area contributed by atoms with E-state index < -0.39 is 12.0 Å². The van der Waals surface area contributed by atoms with Crippen molar-refractivity contribution in [1.82, 2.24) is 19.8 Å². The first-order valence-electron chi connectivity index (χ1n) is 9.60. The van der Waals surface area contributed by atoms with Gasteiger partial charge in [0.05, 0.1) is 36.8 Å². The molecule has 0 saturated carbocycles. The van der Waals surface area contributed by atoms with E-state index in [4.69, 9.17) is 9.26 Å². The summed E-state index contributed by atoms with van der Waals surface area (Å²) < 4.78 is 11.5. The zero-order valence-electron chi connectivity index (χ0n) is 17.4. The van der Waals surface area contributed by atoms with E-state index in [0.29, 0.717) is 23.6 Å². The second kappa shape index (κ2) is 8.05. The number of benzene rings is 1. The van der Waals surface area contributed by atoms with E-state index in [9.17, 15) is 14.4 Å². The zero-order valence-corrected chi connectivity index (χ0v) is 17.4. The fraction of sp³-hybridized carbons (Fsp3) is 0.286. The number of imide groups is 1.